The zero-order valence-electron chi connectivity index (χ0n) is 7.80. The second-order valence-electron chi connectivity index (χ2n) is 2.92. The Hall–Kier alpha value is 0.250. The van der Waals surface area contributed by atoms with Crippen LogP contribution in [-0.4, -0.2) is 17.5 Å². The van der Waals surface area contributed by atoms with Crippen LogP contribution in [0.5, 0.6) is 0 Å². The molecule has 0 N–H and O–H groups in total. The van der Waals surface area contributed by atoms with Crippen LogP contribution in [0.2, 0.25) is 0 Å². The molecular weight excluding hydrogens is 381 g/mol. The molecule has 0 saturated carbocycles. The molecule has 84 valence electrons. The third-order valence-electron chi connectivity index (χ3n) is 1.78. The minimum atomic E-state index is -2.41. The summed E-state index contributed by atoms with van der Waals surface area (Å²) in [5.41, 5.74) is 0.916. The molecule has 5 heteroatoms. The van der Waals surface area contributed by atoms with Crippen molar-refractivity contribution in [3.8, 4) is 0 Å². The van der Waals surface area contributed by atoms with E-state index in [9.17, 15) is 8.78 Å². The number of hydrogen-bond donors (Lipinski definition) is 0. The lowest BCUT2D eigenvalue weighted by Gasteiger charge is -2.15. The third-order valence-corrected chi connectivity index (χ3v) is 3.08. The molecule has 1 aromatic rings. The molecule has 0 aliphatic rings. The van der Waals surface area contributed by atoms with Gasteiger partial charge in [0.05, 0.1) is 6.10 Å². The largest absolute Gasteiger partial charge is 0.367 e. The van der Waals surface area contributed by atoms with Crippen LogP contribution in [-0.2, 0) is 4.74 Å². The van der Waals surface area contributed by atoms with E-state index >= 15 is 0 Å². The van der Waals surface area contributed by atoms with Gasteiger partial charge in [-0.1, -0.05) is 50.7 Å². The van der Waals surface area contributed by atoms with Crippen LogP contribution < -0.4 is 0 Å². The molecule has 0 aliphatic heterocycles. The fourth-order valence-corrected chi connectivity index (χ4v) is 2.31. The molecule has 0 fully saturated rings. The SMILES string of the molecule is FC(F)COC(CI)c1cccc(Br)c1. The first-order chi connectivity index (χ1) is 7.13. The summed E-state index contributed by atoms with van der Waals surface area (Å²) < 4.78 is 30.7. The summed E-state index contributed by atoms with van der Waals surface area (Å²) >= 11 is 5.46. The van der Waals surface area contributed by atoms with Crippen molar-refractivity contribution in [3.63, 3.8) is 0 Å². The molecule has 1 atom stereocenters. The first-order valence-electron chi connectivity index (χ1n) is 4.34. The van der Waals surface area contributed by atoms with Crippen LogP contribution in [0.1, 0.15) is 11.7 Å². The summed E-state index contributed by atoms with van der Waals surface area (Å²) in [4.78, 5) is 0. The zero-order chi connectivity index (χ0) is 11.3. The second-order valence-corrected chi connectivity index (χ2v) is 4.72. The van der Waals surface area contributed by atoms with E-state index in [-0.39, 0.29) is 6.10 Å². The second kappa shape index (κ2) is 6.75. The van der Waals surface area contributed by atoms with E-state index in [4.69, 9.17) is 4.74 Å². The predicted octanol–water partition coefficient (Wildman–Crippen LogP) is 4.21. The van der Waals surface area contributed by atoms with Crippen molar-refractivity contribution in [3.05, 3.63) is 34.3 Å². The Morgan fingerprint density at radius 2 is 2.13 bits per heavy atom. The first kappa shape index (κ1) is 13.3. The minimum Gasteiger partial charge on any atom is -0.367 e. The summed E-state index contributed by atoms with van der Waals surface area (Å²) in [6, 6.07) is 7.51. The summed E-state index contributed by atoms with van der Waals surface area (Å²) in [5.74, 6) is 0. The lowest BCUT2D eigenvalue weighted by atomic mass is 10.1. The Labute approximate surface area is 109 Å². The average molecular weight is 391 g/mol. The molecular formula is C10H10BrF2IO. The van der Waals surface area contributed by atoms with E-state index in [1.807, 2.05) is 24.3 Å². The number of ether oxygens (including phenoxy) is 1. The van der Waals surface area contributed by atoms with Gasteiger partial charge in [-0.05, 0) is 17.7 Å². The smallest absolute Gasteiger partial charge is 0.261 e. The number of halogens is 4. The van der Waals surface area contributed by atoms with Crippen molar-refractivity contribution in [2.75, 3.05) is 11.0 Å². The van der Waals surface area contributed by atoms with Crippen molar-refractivity contribution in [2.45, 2.75) is 12.5 Å². The number of benzene rings is 1. The molecule has 15 heavy (non-hydrogen) atoms. The van der Waals surface area contributed by atoms with E-state index in [0.717, 1.165) is 10.0 Å². The van der Waals surface area contributed by atoms with Gasteiger partial charge in [-0.15, -0.1) is 0 Å². The highest BCUT2D eigenvalue weighted by molar-refractivity contribution is 14.1. The molecule has 0 heterocycles. The van der Waals surface area contributed by atoms with Gasteiger partial charge in [-0.25, -0.2) is 8.78 Å². The van der Waals surface area contributed by atoms with Gasteiger partial charge in [0.15, 0.2) is 0 Å². The van der Waals surface area contributed by atoms with Gasteiger partial charge in [0, 0.05) is 8.90 Å². The van der Waals surface area contributed by atoms with Gasteiger partial charge in [-0.3, -0.25) is 0 Å². The molecule has 0 aliphatic carbocycles. The van der Waals surface area contributed by atoms with Gasteiger partial charge in [0.1, 0.15) is 6.61 Å². The molecule has 0 radical (unpaired) electrons. The monoisotopic (exact) mass is 390 g/mol. The van der Waals surface area contributed by atoms with E-state index in [1.54, 1.807) is 0 Å². The maximum Gasteiger partial charge on any atom is 0.261 e. The van der Waals surface area contributed by atoms with Gasteiger partial charge in [-0.2, -0.15) is 0 Å². The Balaban J connectivity index is 2.65. The average Bonchev–Trinajstić information content (AvgIpc) is 2.18. The molecule has 0 saturated heterocycles. The number of rotatable bonds is 5. The van der Waals surface area contributed by atoms with Gasteiger partial charge >= 0.3 is 0 Å². The van der Waals surface area contributed by atoms with E-state index in [0.29, 0.717) is 4.43 Å². The molecule has 1 nitrogen and oxygen atoms in total. The molecule has 0 bridgehead atoms. The Kier molecular flexibility index (Phi) is 5.99. The number of hydrogen-bond acceptors (Lipinski definition) is 1. The standard InChI is InChI=1S/C10H10BrF2IO/c11-8-3-1-2-7(4-8)9(5-14)15-6-10(12)13/h1-4,9-10H,5-6H2. The Bertz CT molecular complexity index is 309. The molecule has 1 aromatic carbocycles. The van der Waals surface area contributed by atoms with E-state index in [2.05, 4.69) is 38.5 Å². The van der Waals surface area contributed by atoms with Gasteiger partial charge in [0.2, 0.25) is 0 Å². The van der Waals surface area contributed by atoms with Crippen molar-refractivity contribution in [1.82, 2.24) is 0 Å². The normalized spacial score (nSPS) is 13.1. The van der Waals surface area contributed by atoms with E-state index in [1.165, 1.54) is 0 Å². The van der Waals surface area contributed by atoms with Gasteiger partial charge < -0.3 is 4.74 Å². The highest BCUT2D eigenvalue weighted by Crippen LogP contribution is 2.23. The lowest BCUT2D eigenvalue weighted by Crippen LogP contribution is -2.11. The fourth-order valence-electron chi connectivity index (χ4n) is 1.13. The highest BCUT2D eigenvalue weighted by atomic mass is 127. The molecule has 1 unspecified atom stereocenters. The molecule has 1 rings (SSSR count). The molecule has 0 amide bonds. The first-order valence-corrected chi connectivity index (χ1v) is 6.66. The number of alkyl halides is 3. The van der Waals surface area contributed by atoms with Crippen LogP contribution in [0.3, 0.4) is 0 Å². The topological polar surface area (TPSA) is 9.23 Å². The van der Waals surface area contributed by atoms with Crippen LogP contribution in [0.4, 0.5) is 8.78 Å². The van der Waals surface area contributed by atoms with Crippen LogP contribution in [0, 0.1) is 0 Å². The van der Waals surface area contributed by atoms with Crippen molar-refractivity contribution in [2.24, 2.45) is 0 Å². The van der Waals surface area contributed by atoms with Crippen LogP contribution in [0.25, 0.3) is 0 Å². The summed E-state index contributed by atoms with van der Waals surface area (Å²) in [5, 5.41) is 0. The van der Waals surface area contributed by atoms with Crippen LogP contribution >= 0.6 is 38.5 Å². The third kappa shape index (κ3) is 4.74. The zero-order valence-corrected chi connectivity index (χ0v) is 11.5. The summed E-state index contributed by atoms with van der Waals surface area (Å²) in [6.45, 7) is -0.514. The maximum atomic E-state index is 12.0. The summed E-state index contributed by atoms with van der Waals surface area (Å²) in [7, 11) is 0. The highest BCUT2D eigenvalue weighted by Gasteiger charge is 2.13. The van der Waals surface area contributed by atoms with Crippen molar-refractivity contribution in [1.29, 1.82) is 0 Å². The Morgan fingerprint density at radius 3 is 2.67 bits per heavy atom. The quantitative estimate of drug-likeness (QED) is 0.540. The fraction of sp³-hybridized carbons (Fsp3) is 0.400. The molecule has 0 spiro atoms. The maximum absolute atomic E-state index is 12.0. The summed E-state index contributed by atoms with van der Waals surface area (Å²) in [6.07, 6.45) is -2.68. The van der Waals surface area contributed by atoms with Crippen LogP contribution in [0.15, 0.2) is 28.7 Å². The van der Waals surface area contributed by atoms with Gasteiger partial charge in [0.25, 0.3) is 6.43 Å². The lowest BCUT2D eigenvalue weighted by molar-refractivity contribution is -0.0153. The minimum absolute atomic E-state index is 0.267. The van der Waals surface area contributed by atoms with Crippen molar-refractivity contribution < 1.29 is 13.5 Å². The van der Waals surface area contributed by atoms with Crippen molar-refractivity contribution >= 4 is 38.5 Å². The Morgan fingerprint density at radius 1 is 1.40 bits per heavy atom. The van der Waals surface area contributed by atoms with E-state index < -0.39 is 13.0 Å². The predicted molar refractivity (Wildman–Crippen MR) is 67.7 cm³/mol. The molecule has 0 aromatic heterocycles.